The summed E-state index contributed by atoms with van der Waals surface area (Å²) >= 11 is 2.08. The Bertz CT molecular complexity index is 326. The van der Waals surface area contributed by atoms with Crippen LogP contribution in [0, 0.1) is 3.57 Å². The van der Waals surface area contributed by atoms with Crippen LogP contribution in [-0.4, -0.2) is 6.29 Å². The predicted molar refractivity (Wildman–Crippen MR) is 58.5 cm³/mol. The Morgan fingerprint density at radius 2 is 2.14 bits per heavy atom. The van der Waals surface area contributed by atoms with Crippen LogP contribution >= 0.6 is 22.6 Å². The Hall–Kier alpha value is -0.520. The van der Waals surface area contributed by atoms with Crippen molar-refractivity contribution in [1.82, 2.24) is 0 Å². The molecule has 0 aliphatic carbocycles. The fourth-order valence-electron chi connectivity index (χ4n) is 1.14. The summed E-state index contributed by atoms with van der Waals surface area (Å²) in [6, 6.07) is 4.54. The number of aldehydes is 1. The standard InChI is InChI=1S/C10H9F2IO/c11-10(12)8-3-4-9(13)7(6-8)2-1-5-14/h3-6,10H,1-2H2. The van der Waals surface area contributed by atoms with Gasteiger partial charge in [-0.1, -0.05) is 6.07 Å². The van der Waals surface area contributed by atoms with Crippen molar-refractivity contribution in [2.24, 2.45) is 0 Å². The molecule has 0 spiro atoms. The number of hydrogen-bond acceptors (Lipinski definition) is 1. The normalized spacial score (nSPS) is 10.6. The number of hydrogen-bond donors (Lipinski definition) is 0. The maximum absolute atomic E-state index is 12.3. The van der Waals surface area contributed by atoms with Gasteiger partial charge in [-0.3, -0.25) is 0 Å². The van der Waals surface area contributed by atoms with Gasteiger partial charge in [0.1, 0.15) is 6.29 Å². The first-order chi connectivity index (χ1) is 6.65. The Morgan fingerprint density at radius 1 is 1.43 bits per heavy atom. The largest absolute Gasteiger partial charge is 0.303 e. The molecule has 0 bridgehead atoms. The number of carbonyl (C=O) groups is 1. The van der Waals surface area contributed by atoms with Gasteiger partial charge < -0.3 is 4.79 Å². The lowest BCUT2D eigenvalue weighted by molar-refractivity contribution is -0.107. The summed E-state index contributed by atoms with van der Waals surface area (Å²) in [7, 11) is 0. The maximum atomic E-state index is 12.3. The summed E-state index contributed by atoms with van der Waals surface area (Å²) in [6.07, 6.45) is -0.738. The molecule has 1 nitrogen and oxygen atoms in total. The quantitative estimate of drug-likeness (QED) is 0.616. The highest BCUT2D eigenvalue weighted by Gasteiger charge is 2.09. The zero-order valence-corrected chi connectivity index (χ0v) is 9.50. The lowest BCUT2D eigenvalue weighted by Gasteiger charge is -2.05. The smallest absolute Gasteiger partial charge is 0.263 e. The molecule has 1 rings (SSSR count). The number of halogens is 3. The van der Waals surface area contributed by atoms with Crippen LogP contribution in [0.3, 0.4) is 0 Å². The molecule has 0 N–H and O–H groups in total. The molecule has 0 aliphatic heterocycles. The van der Waals surface area contributed by atoms with E-state index in [1.807, 2.05) is 0 Å². The first kappa shape index (κ1) is 11.6. The van der Waals surface area contributed by atoms with E-state index in [2.05, 4.69) is 22.6 Å². The summed E-state index contributed by atoms with van der Waals surface area (Å²) in [5.41, 5.74) is 0.835. The lowest BCUT2D eigenvalue weighted by atomic mass is 10.1. The molecular weight excluding hydrogens is 301 g/mol. The van der Waals surface area contributed by atoms with Gasteiger partial charge in [-0.25, -0.2) is 8.78 Å². The number of aryl methyl sites for hydroxylation is 1. The van der Waals surface area contributed by atoms with E-state index in [1.54, 1.807) is 6.07 Å². The van der Waals surface area contributed by atoms with Gasteiger partial charge in [0, 0.05) is 15.6 Å². The molecule has 0 saturated heterocycles. The highest BCUT2D eigenvalue weighted by Crippen LogP contribution is 2.23. The number of rotatable bonds is 4. The monoisotopic (exact) mass is 310 g/mol. The molecule has 0 unspecified atom stereocenters. The second-order valence-corrected chi connectivity index (χ2v) is 4.02. The first-order valence-electron chi connectivity index (χ1n) is 4.15. The molecule has 0 atom stereocenters. The van der Waals surface area contributed by atoms with Crippen molar-refractivity contribution in [2.75, 3.05) is 0 Å². The van der Waals surface area contributed by atoms with Crippen molar-refractivity contribution in [3.63, 3.8) is 0 Å². The summed E-state index contributed by atoms with van der Waals surface area (Å²) in [5, 5.41) is 0. The van der Waals surface area contributed by atoms with Crippen LogP contribution in [0.25, 0.3) is 0 Å². The van der Waals surface area contributed by atoms with E-state index in [1.165, 1.54) is 12.1 Å². The van der Waals surface area contributed by atoms with Crippen molar-refractivity contribution >= 4 is 28.9 Å². The number of benzene rings is 1. The van der Waals surface area contributed by atoms with E-state index >= 15 is 0 Å². The molecular formula is C10H9F2IO. The van der Waals surface area contributed by atoms with Crippen LogP contribution in [0.2, 0.25) is 0 Å². The van der Waals surface area contributed by atoms with E-state index in [0.29, 0.717) is 12.8 Å². The minimum absolute atomic E-state index is 0.0197. The van der Waals surface area contributed by atoms with E-state index in [-0.39, 0.29) is 5.56 Å². The van der Waals surface area contributed by atoms with Gasteiger partial charge in [-0.05, 0) is 46.7 Å². The molecule has 1 aromatic carbocycles. The van der Waals surface area contributed by atoms with E-state index in [9.17, 15) is 13.6 Å². The van der Waals surface area contributed by atoms with Crippen LogP contribution in [0.15, 0.2) is 18.2 Å². The zero-order valence-electron chi connectivity index (χ0n) is 7.34. The fraction of sp³-hybridized carbons (Fsp3) is 0.300. The molecule has 0 heterocycles. The van der Waals surface area contributed by atoms with E-state index in [0.717, 1.165) is 15.4 Å². The van der Waals surface area contributed by atoms with Crippen molar-refractivity contribution < 1.29 is 13.6 Å². The Labute approximate surface area is 94.6 Å². The van der Waals surface area contributed by atoms with Crippen molar-refractivity contribution in [1.29, 1.82) is 0 Å². The second kappa shape index (κ2) is 5.38. The summed E-state index contributed by atoms with van der Waals surface area (Å²) in [5.74, 6) is 0. The van der Waals surface area contributed by atoms with Gasteiger partial charge in [-0.2, -0.15) is 0 Å². The third-order valence-electron chi connectivity index (χ3n) is 1.85. The molecule has 0 amide bonds. The maximum Gasteiger partial charge on any atom is 0.263 e. The van der Waals surface area contributed by atoms with Crippen LogP contribution in [0.4, 0.5) is 8.78 Å². The van der Waals surface area contributed by atoms with Gasteiger partial charge in [-0.15, -0.1) is 0 Å². The SMILES string of the molecule is O=CCCc1cc(C(F)F)ccc1I. The zero-order chi connectivity index (χ0) is 10.6. The van der Waals surface area contributed by atoms with Gasteiger partial charge in [0.15, 0.2) is 0 Å². The minimum atomic E-state index is -2.44. The molecule has 1 aromatic rings. The van der Waals surface area contributed by atoms with Crippen LogP contribution in [-0.2, 0) is 11.2 Å². The minimum Gasteiger partial charge on any atom is -0.303 e. The first-order valence-corrected chi connectivity index (χ1v) is 5.23. The summed E-state index contributed by atoms with van der Waals surface area (Å²) in [6.45, 7) is 0. The number of carbonyl (C=O) groups excluding carboxylic acids is 1. The molecule has 76 valence electrons. The summed E-state index contributed by atoms with van der Waals surface area (Å²) < 4.78 is 25.6. The summed E-state index contributed by atoms with van der Waals surface area (Å²) in [4.78, 5) is 10.2. The topological polar surface area (TPSA) is 17.1 Å². The molecule has 14 heavy (non-hydrogen) atoms. The Balaban J connectivity index is 2.90. The highest BCUT2D eigenvalue weighted by molar-refractivity contribution is 14.1. The molecule has 0 aliphatic rings. The Morgan fingerprint density at radius 3 is 2.71 bits per heavy atom. The molecule has 0 aromatic heterocycles. The van der Waals surface area contributed by atoms with Gasteiger partial charge >= 0.3 is 0 Å². The third kappa shape index (κ3) is 3.01. The highest BCUT2D eigenvalue weighted by atomic mass is 127. The average molecular weight is 310 g/mol. The molecule has 0 radical (unpaired) electrons. The van der Waals surface area contributed by atoms with Gasteiger partial charge in [0.25, 0.3) is 6.43 Å². The Kier molecular flexibility index (Phi) is 4.44. The van der Waals surface area contributed by atoms with Crippen LogP contribution in [0.1, 0.15) is 24.0 Å². The third-order valence-corrected chi connectivity index (χ3v) is 2.91. The molecule has 0 saturated carbocycles. The fourth-order valence-corrected chi connectivity index (χ4v) is 1.74. The average Bonchev–Trinajstić information content (AvgIpc) is 2.16. The predicted octanol–water partition coefficient (Wildman–Crippen LogP) is 3.36. The van der Waals surface area contributed by atoms with E-state index < -0.39 is 6.43 Å². The van der Waals surface area contributed by atoms with Crippen LogP contribution < -0.4 is 0 Å². The molecule has 0 fully saturated rings. The number of alkyl halides is 2. The van der Waals surface area contributed by atoms with Crippen molar-refractivity contribution in [3.05, 3.63) is 32.9 Å². The second-order valence-electron chi connectivity index (χ2n) is 2.86. The van der Waals surface area contributed by atoms with Gasteiger partial charge in [0.2, 0.25) is 0 Å². The van der Waals surface area contributed by atoms with Crippen molar-refractivity contribution in [3.8, 4) is 0 Å². The van der Waals surface area contributed by atoms with Gasteiger partial charge in [0.05, 0.1) is 0 Å². The van der Waals surface area contributed by atoms with Crippen molar-refractivity contribution in [2.45, 2.75) is 19.3 Å². The van der Waals surface area contributed by atoms with Crippen LogP contribution in [0.5, 0.6) is 0 Å². The lowest BCUT2D eigenvalue weighted by Crippen LogP contribution is -1.93. The van der Waals surface area contributed by atoms with E-state index in [4.69, 9.17) is 0 Å². The molecule has 4 heteroatoms.